The summed E-state index contributed by atoms with van der Waals surface area (Å²) in [6.45, 7) is 2.75. The van der Waals surface area contributed by atoms with Gasteiger partial charge in [0.1, 0.15) is 0 Å². The Labute approximate surface area is 77.5 Å². The average molecular weight is 180 g/mol. The number of hydrogen-bond acceptors (Lipinski definition) is 4. The second-order valence-electron chi connectivity index (χ2n) is 2.75. The third-order valence-corrected chi connectivity index (χ3v) is 1.75. The minimum Gasteiger partial charge on any atom is -0.423 e. The molecule has 1 aromatic carbocycles. The van der Waals surface area contributed by atoms with Gasteiger partial charge < -0.3 is 21.1 Å². The van der Waals surface area contributed by atoms with Gasteiger partial charge in [-0.15, -0.1) is 0 Å². The molecule has 0 aromatic heterocycles. The van der Waals surface area contributed by atoms with Gasteiger partial charge in [-0.25, -0.2) is 0 Å². The Kier molecular flexibility index (Phi) is 3.16. The molecule has 0 aliphatic rings. The smallest absolute Gasteiger partial charge is 0.423 e. The van der Waals surface area contributed by atoms with Crippen LogP contribution in [-0.2, 0) is 0 Å². The molecule has 4 nitrogen and oxygen atoms in total. The summed E-state index contributed by atoms with van der Waals surface area (Å²) < 4.78 is 0. The number of benzene rings is 1. The van der Waals surface area contributed by atoms with Crippen LogP contribution in [0, 0.1) is 0 Å². The van der Waals surface area contributed by atoms with E-state index in [0.717, 1.165) is 12.2 Å². The summed E-state index contributed by atoms with van der Waals surface area (Å²) in [5.41, 5.74) is 7.09. The SMILES string of the molecule is CCNc1ccc(N)c(B(O)O)c1. The Bertz CT molecular complexity index is 291. The van der Waals surface area contributed by atoms with Crippen LogP contribution in [0.4, 0.5) is 11.4 Å². The zero-order valence-electron chi connectivity index (χ0n) is 7.49. The van der Waals surface area contributed by atoms with E-state index in [4.69, 9.17) is 15.8 Å². The fraction of sp³-hybridized carbons (Fsp3) is 0.250. The lowest BCUT2D eigenvalue weighted by atomic mass is 9.79. The fourth-order valence-electron chi connectivity index (χ4n) is 1.11. The molecule has 0 saturated carbocycles. The maximum atomic E-state index is 8.94. The van der Waals surface area contributed by atoms with Crippen LogP contribution < -0.4 is 16.5 Å². The summed E-state index contributed by atoms with van der Waals surface area (Å²) in [5, 5.41) is 20.9. The van der Waals surface area contributed by atoms with E-state index in [-0.39, 0.29) is 0 Å². The van der Waals surface area contributed by atoms with Gasteiger partial charge in [0.15, 0.2) is 0 Å². The standard InChI is InChI=1S/C8H13BN2O2/c1-2-11-6-3-4-8(10)7(5-6)9(12)13/h3-5,11-13H,2,10H2,1H3. The Morgan fingerprint density at radius 1 is 1.46 bits per heavy atom. The van der Waals surface area contributed by atoms with Crippen molar-refractivity contribution in [1.29, 1.82) is 0 Å². The molecular weight excluding hydrogens is 167 g/mol. The molecule has 1 aromatic rings. The van der Waals surface area contributed by atoms with Crippen molar-refractivity contribution in [3.63, 3.8) is 0 Å². The quantitative estimate of drug-likeness (QED) is 0.369. The van der Waals surface area contributed by atoms with Crippen molar-refractivity contribution in [1.82, 2.24) is 0 Å². The van der Waals surface area contributed by atoms with E-state index in [1.165, 1.54) is 0 Å². The third-order valence-electron chi connectivity index (χ3n) is 1.75. The molecular formula is C8H13BN2O2. The first-order valence-corrected chi connectivity index (χ1v) is 4.14. The Morgan fingerprint density at radius 2 is 2.15 bits per heavy atom. The number of rotatable bonds is 3. The van der Waals surface area contributed by atoms with Crippen LogP contribution in [-0.4, -0.2) is 23.7 Å². The lowest BCUT2D eigenvalue weighted by molar-refractivity contribution is 0.426. The van der Waals surface area contributed by atoms with Gasteiger partial charge in [-0.1, -0.05) is 0 Å². The van der Waals surface area contributed by atoms with Crippen LogP contribution in [0.3, 0.4) is 0 Å². The third kappa shape index (κ3) is 2.37. The van der Waals surface area contributed by atoms with Crippen molar-refractivity contribution in [3.05, 3.63) is 18.2 Å². The van der Waals surface area contributed by atoms with E-state index < -0.39 is 7.12 Å². The first-order valence-electron chi connectivity index (χ1n) is 4.14. The maximum Gasteiger partial charge on any atom is 0.490 e. The largest absolute Gasteiger partial charge is 0.490 e. The topological polar surface area (TPSA) is 78.5 Å². The lowest BCUT2D eigenvalue weighted by Crippen LogP contribution is -2.32. The van der Waals surface area contributed by atoms with Gasteiger partial charge in [0.05, 0.1) is 0 Å². The van der Waals surface area contributed by atoms with Crippen LogP contribution in [0.5, 0.6) is 0 Å². The molecule has 0 fully saturated rings. The molecule has 5 N–H and O–H groups in total. The van der Waals surface area contributed by atoms with E-state index in [1.807, 2.05) is 6.92 Å². The highest BCUT2D eigenvalue weighted by Gasteiger charge is 2.14. The minimum absolute atomic E-state index is 0.332. The molecule has 0 bridgehead atoms. The summed E-state index contributed by atoms with van der Waals surface area (Å²) in [6, 6.07) is 5.07. The number of anilines is 2. The molecule has 5 heteroatoms. The van der Waals surface area contributed by atoms with Gasteiger partial charge in [-0.05, 0) is 25.1 Å². The van der Waals surface area contributed by atoms with E-state index in [2.05, 4.69) is 5.32 Å². The van der Waals surface area contributed by atoms with Gasteiger partial charge >= 0.3 is 7.12 Å². The number of nitrogens with two attached hydrogens (primary N) is 1. The minimum atomic E-state index is -1.52. The van der Waals surface area contributed by atoms with E-state index in [1.54, 1.807) is 18.2 Å². The summed E-state index contributed by atoms with van der Waals surface area (Å²) in [7, 11) is -1.52. The highest BCUT2D eigenvalue weighted by atomic mass is 16.4. The zero-order valence-corrected chi connectivity index (χ0v) is 7.49. The monoisotopic (exact) mass is 180 g/mol. The second kappa shape index (κ2) is 4.16. The summed E-state index contributed by atoms with van der Waals surface area (Å²) >= 11 is 0. The van der Waals surface area contributed by atoms with Gasteiger partial charge in [-0.2, -0.15) is 0 Å². The van der Waals surface area contributed by atoms with Crippen LogP contribution >= 0.6 is 0 Å². The van der Waals surface area contributed by atoms with Crippen molar-refractivity contribution in [3.8, 4) is 0 Å². The summed E-state index contributed by atoms with van der Waals surface area (Å²) in [4.78, 5) is 0. The van der Waals surface area contributed by atoms with Crippen molar-refractivity contribution in [2.75, 3.05) is 17.6 Å². The number of nitrogens with one attached hydrogen (secondary N) is 1. The molecule has 0 spiro atoms. The Balaban J connectivity index is 2.97. The first-order chi connectivity index (χ1) is 6.15. The predicted octanol–water partition coefficient (Wildman–Crippen LogP) is -0.620. The van der Waals surface area contributed by atoms with Crippen LogP contribution in [0.1, 0.15) is 6.92 Å². The predicted molar refractivity (Wildman–Crippen MR) is 54.8 cm³/mol. The highest BCUT2D eigenvalue weighted by molar-refractivity contribution is 6.60. The van der Waals surface area contributed by atoms with Gasteiger partial charge in [0.25, 0.3) is 0 Å². The van der Waals surface area contributed by atoms with Crippen LogP contribution in [0.25, 0.3) is 0 Å². The molecule has 0 saturated heterocycles. The normalized spacial score (nSPS) is 9.77. The van der Waals surface area contributed by atoms with E-state index in [9.17, 15) is 0 Å². The average Bonchev–Trinajstić information content (AvgIpc) is 2.08. The van der Waals surface area contributed by atoms with E-state index in [0.29, 0.717) is 11.2 Å². The maximum absolute atomic E-state index is 8.94. The molecule has 0 heterocycles. The van der Waals surface area contributed by atoms with Gasteiger partial charge in [0.2, 0.25) is 0 Å². The number of hydrogen-bond donors (Lipinski definition) is 4. The van der Waals surface area contributed by atoms with Crippen LogP contribution in [0.2, 0.25) is 0 Å². The summed E-state index contributed by atoms with van der Waals surface area (Å²) in [6.07, 6.45) is 0. The van der Waals surface area contributed by atoms with Crippen molar-refractivity contribution in [2.24, 2.45) is 0 Å². The molecule has 0 unspecified atom stereocenters. The van der Waals surface area contributed by atoms with Crippen molar-refractivity contribution >= 4 is 24.0 Å². The fourth-order valence-corrected chi connectivity index (χ4v) is 1.11. The van der Waals surface area contributed by atoms with Crippen molar-refractivity contribution < 1.29 is 10.0 Å². The first kappa shape index (κ1) is 9.89. The molecule has 1 rings (SSSR count). The van der Waals surface area contributed by atoms with Crippen LogP contribution in [0.15, 0.2) is 18.2 Å². The molecule has 0 radical (unpaired) electrons. The van der Waals surface area contributed by atoms with E-state index >= 15 is 0 Å². The molecule has 13 heavy (non-hydrogen) atoms. The number of nitrogen functional groups attached to an aromatic ring is 1. The zero-order chi connectivity index (χ0) is 9.84. The molecule has 0 amide bonds. The molecule has 0 aliphatic heterocycles. The summed E-state index contributed by atoms with van der Waals surface area (Å²) in [5.74, 6) is 0. The molecule has 0 aliphatic carbocycles. The second-order valence-corrected chi connectivity index (χ2v) is 2.75. The lowest BCUT2D eigenvalue weighted by Gasteiger charge is -2.08. The highest BCUT2D eigenvalue weighted by Crippen LogP contribution is 2.08. The van der Waals surface area contributed by atoms with Gasteiger partial charge in [-0.3, -0.25) is 0 Å². The van der Waals surface area contributed by atoms with Crippen molar-refractivity contribution in [2.45, 2.75) is 6.92 Å². The molecule has 70 valence electrons. The molecule has 0 atom stereocenters. The van der Waals surface area contributed by atoms with Gasteiger partial charge in [0, 0.05) is 23.4 Å². The Morgan fingerprint density at radius 3 is 2.69 bits per heavy atom. The Hall–Kier alpha value is -1.20.